The Morgan fingerprint density at radius 2 is 1.94 bits per heavy atom. The van der Waals surface area contributed by atoms with Crippen molar-refractivity contribution in [1.82, 2.24) is 0 Å². The summed E-state index contributed by atoms with van der Waals surface area (Å²) in [6, 6.07) is 0. The Morgan fingerprint density at radius 3 is 2.25 bits per heavy atom. The van der Waals surface area contributed by atoms with Gasteiger partial charge in [0.15, 0.2) is 0 Å². The van der Waals surface area contributed by atoms with Crippen LogP contribution in [0.2, 0.25) is 0 Å². The topological polar surface area (TPSA) is 110 Å². The van der Waals surface area contributed by atoms with Gasteiger partial charge in [-0.05, 0) is 0 Å². The monoisotopic (exact) mass is 244 g/mol. The van der Waals surface area contributed by atoms with Crippen molar-refractivity contribution in [2.24, 2.45) is 0 Å². The Labute approximate surface area is 84.4 Å². The number of carbonyl (C=O) groups excluding carboxylic acids is 3. The molecule has 1 saturated heterocycles. The number of aliphatic hydroxyl groups is 2. The minimum atomic E-state index is -5.50. The van der Waals surface area contributed by atoms with Gasteiger partial charge in [0, 0.05) is 0 Å². The molecule has 0 unspecified atom stereocenters. The van der Waals surface area contributed by atoms with Crippen molar-refractivity contribution in [3.05, 3.63) is 0 Å². The Hall–Kier alpha value is -1.68. The van der Waals surface area contributed by atoms with Crippen LogP contribution in [0, 0.1) is 0 Å². The van der Waals surface area contributed by atoms with Crippen molar-refractivity contribution >= 4 is 17.9 Å². The molecule has 1 aliphatic heterocycles. The first kappa shape index (κ1) is 12.4. The van der Waals surface area contributed by atoms with Crippen molar-refractivity contribution in [3.63, 3.8) is 0 Å². The molecule has 90 valence electrons. The first-order valence-electron chi connectivity index (χ1n) is 3.55. The number of esters is 3. The summed E-state index contributed by atoms with van der Waals surface area (Å²) in [7, 11) is 0. The van der Waals surface area contributed by atoms with E-state index in [0.717, 1.165) is 0 Å². The first-order chi connectivity index (χ1) is 7.09. The van der Waals surface area contributed by atoms with Crippen LogP contribution in [0.25, 0.3) is 0 Å². The molecule has 10 heteroatoms. The lowest BCUT2D eigenvalue weighted by Crippen LogP contribution is -2.51. The maximum atomic E-state index is 11.7. The number of hydrogen-bond acceptors (Lipinski definition) is 7. The van der Waals surface area contributed by atoms with Gasteiger partial charge in [0.25, 0.3) is 0 Å². The number of alkyl halides is 3. The summed E-state index contributed by atoms with van der Waals surface area (Å²) in [5, 5.41) is 17.9. The van der Waals surface area contributed by atoms with Crippen LogP contribution >= 0.6 is 0 Å². The summed E-state index contributed by atoms with van der Waals surface area (Å²) < 4.78 is 42.0. The molecule has 0 bridgehead atoms. The second-order valence-electron chi connectivity index (χ2n) is 2.69. The molecular formula is C6H3F3O7. The number of aliphatic hydroxyl groups excluding tert-OH is 1. The molecule has 2 N–H and O–H groups in total. The van der Waals surface area contributed by atoms with E-state index in [2.05, 4.69) is 9.47 Å². The fourth-order valence-electron chi connectivity index (χ4n) is 0.788. The molecule has 0 amide bonds. The van der Waals surface area contributed by atoms with Crippen molar-refractivity contribution in [2.75, 3.05) is 0 Å². The van der Waals surface area contributed by atoms with E-state index in [0.29, 0.717) is 0 Å². The highest BCUT2D eigenvalue weighted by molar-refractivity contribution is 6.02. The molecule has 0 spiro atoms. The second-order valence-corrected chi connectivity index (χ2v) is 2.69. The number of ether oxygens (including phenoxy) is 2. The lowest BCUT2D eigenvalue weighted by atomic mass is 10.2. The Kier molecular flexibility index (Phi) is 2.65. The Balaban J connectivity index is 2.92. The SMILES string of the molecule is O=C1OC(=O)[C@@](O)(OC(=O)C(F)(F)F)[C@@H]1O. The maximum absolute atomic E-state index is 11.7. The molecule has 2 atom stereocenters. The van der Waals surface area contributed by atoms with E-state index in [1.807, 2.05) is 0 Å². The van der Waals surface area contributed by atoms with Gasteiger partial charge in [0.05, 0.1) is 0 Å². The first-order valence-corrected chi connectivity index (χ1v) is 3.55. The summed E-state index contributed by atoms with van der Waals surface area (Å²) in [6.45, 7) is 0. The van der Waals surface area contributed by atoms with Gasteiger partial charge < -0.3 is 19.7 Å². The summed E-state index contributed by atoms with van der Waals surface area (Å²) in [4.78, 5) is 31.5. The molecule has 0 saturated carbocycles. The fourth-order valence-corrected chi connectivity index (χ4v) is 0.788. The third kappa shape index (κ3) is 1.84. The average molecular weight is 244 g/mol. The van der Waals surface area contributed by atoms with E-state index in [-0.39, 0.29) is 0 Å². The third-order valence-corrected chi connectivity index (χ3v) is 1.56. The van der Waals surface area contributed by atoms with Gasteiger partial charge in [-0.15, -0.1) is 0 Å². The zero-order valence-corrected chi connectivity index (χ0v) is 7.15. The van der Waals surface area contributed by atoms with Crippen LogP contribution in [-0.2, 0) is 23.9 Å². The highest BCUT2D eigenvalue weighted by Gasteiger charge is 2.62. The van der Waals surface area contributed by atoms with E-state index in [9.17, 15) is 27.6 Å². The molecule has 7 nitrogen and oxygen atoms in total. The Morgan fingerprint density at radius 1 is 1.44 bits per heavy atom. The lowest BCUT2D eigenvalue weighted by Gasteiger charge is -2.20. The standard InChI is InChI=1S/C6H3F3O7/c7-6(8,9)4(13)16-5(14)1(10)2(11)15-3(5)12/h1,10,14H/t1-,5+/m1/s1. The summed E-state index contributed by atoms with van der Waals surface area (Å²) in [5.41, 5.74) is 0. The average Bonchev–Trinajstić information content (AvgIpc) is 2.29. The lowest BCUT2D eigenvalue weighted by molar-refractivity contribution is -0.257. The van der Waals surface area contributed by atoms with Crippen molar-refractivity contribution < 1.29 is 47.2 Å². The summed E-state index contributed by atoms with van der Waals surface area (Å²) >= 11 is 0. The highest BCUT2D eigenvalue weighted by Crippen LogP contribution is 2.27. The maximum Gasteiger partial charge on any atom is 0.491 e. The van der Waals surface area contributed by atoms with E-state index >= 15 is 0 Å². The zero-order chi connectivity index (χ0) is 12.7. The largest absolute Gasteiger partial charge is 0.491 e. The van der Waals surface area contributed by atoms with Crippen LogP contribution in [0.4, 0.5) is 13.2 Å². The van der Waals surface area contributed by atoms with E-state index in [1.165, 1.54) is 0 Å². The fraction of sp³-hybridized carbons (Fsp3) is 0.500. The minimum absolute atomic E-state index is 1.72. The minimum Gasteiger partial charge on any atom is -0.412 e. The molecule has 16 heavy (non-hydrogen) atoms. The molecule has 0 aliphatic carbocycles. The predicted molar refractivity (Wildman–Crippen MR) is 34.2 cm³/mol. The van der Waals surface area contributed by atoms with Crippen LogP contribution in [0.3, 0.4) is 0 Å². The summed E-state index contributed by atoms with van der Waals surface area (Å²) in [6.07, 6.45) is -8.22. The quantitative estimate of drug-likeness (QED) is 0.319. The van der Waals surface area contributed by atoms with E-state index in [1.54, 1.807) is 0 Å². The molecule has 0 radical (unpaired) electrons. The number of hydrogen-bond donors (Lipinski definition) is 2. The number of carbonyl (C=O) groups is 3. The molecule has 1 heterocycles. The van der Waals surface area contributed by atoms with Crippen LogP contribution in [0.15, 0.2) is 0 Å². The zero-order valence-electron chi connectivity index (χ0n) is 7.15. The number of cyclic esters (lactones) is 2. The molecule has 1 rings (SSSR count). The number of rotatable bonds is 1. The summed E-state index contributed by atoms with van der Waals surface area (Å²) in [5.74, 6) is -10.3. The second kappa shape index (κ2) is 3.42. The van der Waals surface area contributed by atoms with Crippen LogP contribution in [-0.4, -0.2) is 46.2 Å². The van der Waals surface area contributed by atoms with Crippen LogP contribution in [0.1, 0.15) is 0 Å². The number of halogens is 3. The van der Waals surface area contributed by atoms with Gasteiger partial charge in [-0.25, -0.2) is 14.4 Å². The molecule has 1 fully saturated rings. The highest BCUT2D eigenvalue weighted by atomic mass is 19.4. The molecule has 0 aromatic rings. The van der Waals surface area contributed by atoms with Crippen molar-refractivity contribution in [1.29, 1.82) is 0 Å². The van der Waals surface area contributed by atoms with Gasteiger partial charge in [-0.3, -0.25) is 0 Å². The molecule has 0 aromatic heterocycles. The van der Waals surface area contributed by atoms with Crippen LogP contribution < -0.4 is 0 Å². The third-order valence-electron chi connectivity index (χ3n) is 1.56. The van der Waals surface area contributed by atoms with E-state index < -0.39 is 36.0 Å². The van der Waals surface area contributed by atoms with Crippen molar-refractivity contribution in [3.8, 4) is 0 Å². The predicted octanol–water partition coefficient (Wildman–Crippen LogP) is -1.78. The van der Waals surface area contributed by atoms with Gasteiger partial charge in [0.2, 0.25) is 6.10 Å². The molecule has 1 aliphatic rings. The van der Waals surface area contributed by atoms with Gasteiger partial charge in [-0.2, -0.15) is 13.2 Å². The van der Waals surface area contributed by atoms with Gasteiger partial charge in [0.1, 0.15) is 0 Å². The van der Waals surface area contributed by atoms with Gasteiger partial charge in [-0.1, -0.05) is 0 Å². The van der Waals surface area contributed by atoms with E-state index in [4.69, 9.17) is 10.2 Å². The van der Waals surface area contributed by atoms with Gasteiger partial charge >= 0.3 is 29.9 Å². The smallest absolute Gasteiger partial charge is 0.412 e. The molecule has 0 aromatic carbocycles. The Bertz CT molecular complexity index is 362. The molecular weight excluding hydrogens is 241 g/mol. The normalized spacial score (nSPS) is 30.2. The van der Waals surface area contributed by atoms with Crippen LogP contribution in [0.5, 0.6) is 0 Å². The van der Waals surface area contributed by atoms with Crippen molar-refractivity contribution in [2.45, 2.75) is 18.1 Å².